The third kappa shape index (κ3) is 8.24. The fourth-order valence-electron chi connectivity index (χ4n) is 0.451. The maximum atomic E-state index is 8.22. The van der Waals surface area contributed by atoms with Crippen LogP contribution in [-0.4, -0.2) is 13.2 Å². The van der Waals surface area contributed by atoms with E-state index in [1.165, 1.54) is 0 Å². The second kappa shape index (κ2) is 7.32. The summed E-state index contributed by atoms with van der Waals surface area (Å²) in [6.07, 6.45) is 0.529. The van der Waals surface area contributed by atoms with Crippen LogP contribution in [0.4, 0.5) is 0 Å². The van der Waals surface area contributed by atoms with Gasteiger partial charge >= 0.3 is 0 Å². The van der Waals surface area contributed by atoms with E-state index in [0.717, 1.165) is 0 Å². The molecule has 0 aromatic carbocycles. The molecule has 0 spiro atoms. The van der Waals surface area contributed by atoms with Crippen LogP contribution in [0.1, 0.15) is 12.8 Å². The summed E-state index contributed by atoms with van der Waals surface area (Å²) in [4.78, 5) is 0. The highest BCUT2D eigenvalue weighted by Gasteiger charge is 2.11. The summed E-state index contributed by atoms with van der Waals surface area (Å²) in [7, 11) is 0. The molecule has 0 aromatic heterocycles. The minimum atomic E-state index is -2.53. The van der Waals surface area contributed by atoms with Gasteiger partial charge in [-0.25, -0.2) is 0 Å². The number of nitriles is 2. The first-order valence-corrected chi connectivity index (χ1v) is 7.27. The van der Waals surface area contributed by atoms with E-state index in [-0.39, 0.29) is 26.1 Å². The number of hydrogen-bond donors (Lipinski definition) is 1. The number of rotatable bonds is 6. The SMILES string of the molecule is N#CCCOP(=S)(S)OCCC#N. The number of nitrogens with zero attached hydrogens (tertiary/aromatic N) is 2. The highest BCUT2D eigenvalue weighted by atomic mass is 32.9. The van der Waals surface area contributed by atoms with Crippen molar-refractivity contribution in [1.82, 2.24) is 0 Å². The van der Waals surface area contributed by atoms with Crippen LogP contribution in [0.3, 0.4) is 0 Å². The summed E-state index contributed by atoms with van der Waals surface area (Å²) in [5.74, 6) is 0. The Morgan fingerprint density at radius 2 is 1.54 bits per heavy atom. The molecule has 0 aliphatic rings. The molecule has 0 atom stereocenters. The van der Waals surface area contributed by atoms with Gasteiger partial charge in [-0.3, -0.25) is 0 Å². The van der Waals surface area contributed by atoms with Crippen molar-refractivity contribution >= 4 is 29.7 Å². The fraction of sp³-hybridized carbons (Fsp3) is 0.667. The van der Waals surface area contributed by atoms with Crippen LogP contribution < -0.4 is 0 Å². The molecule has 0 radical (unpaired) electrons. The van der Waals surface area contributed by atoms with E-state index in [2.05, 4.69) is 12.2 Å². The molecule has 0 rings (SSSR count). The van der Waals surface area contributed by atoms with E-state index in [1.807, 2.05) is 12.1 Å². The monoisotopic (exact) mass is 236 g/mol. The Morgan fingerprint density at radius 1 is 1.15 bits per heavy atom. The highest BCUT2D eigenvalue weighted by molar-refractivity contribution is 8.60. The molecule has 0 aliphatic heterocycles. The van der Waals surface area contributed by atoms with Gasteiger partial charge in [0, 0.05) is 0 Å². The normalized spacial score (nSPS) is 10.4. The molecule has 0 aromatic rings. The number of hydrogen-bond acceptors (Lipinski definition) is 5. The molecule has 0 bridgehead atoms. The molecule has 72 valence electrons. The van der Waals surface area contributed by atoms with Crippen molar-refractivity contribution in [2.75, 3.05) is 13.2 Å². The predicted octanol–water partition coefficient (Wildman–Crippen LogP) is 2.00. The van der Waals surface area contributed by atoms with Crippen molar-refractivity contribution < 1.29 is 9.05 Å². The smallest absolute Gasteiger partial charge is 0.244 e. The Balaban J connectivity index is 3.63. The van der Waals surface area contributed by atoms with E-state index in [4.69, 9.17) is 31.4 Å². The molecule has 0 N–H and O–H groups in total. The third-order valence-corrected chi connectivity index (χ3v) is 3.28. The molecular weight excluding hydrogens is 227 g/mol. The standard InChI is InChI=1S/C6H9N2O2PS2/c7-3-1-5-9-11(12,13)10-6-2-4-8/h1-2,5-6H2,(H,12,13). The van der Waals surface area contributed by atoms with Gasteiger partial charge in [0.25, 0.3) is 0 Å². The summed E-state index contributed by atoms with van der Waals surface area (Å²) in [5.41, 5.74) is -2.53. The van der Waals surface area contributed by atoms with Gasteiger partial charge in [0.15, 0.2) is 0 Å². The van der Waals surface area contributed by atoms with Gasteiger partial charge in [-0.2, -0.15) is 10.5 Å². The Bertz CT molecular complexity index is 247. The van der Waals surface area contributed by atoms with Gasteiger partial charge in [0.1, 0.15) is 0 Å². The zero-order valence-electron chi connectivity index (χ0n) is 6.84. The van der Waals surface area contributed by atoms with Crippen molar-refractivity contribution in [2.45, 2.75) is 12.8 Å². The highest BCUT2D eigenvalue weighted by Crippen LogP contribution is 2.53. The first kappa shape index (κ1) is 12.9. The lowest BCUT2D eigenvalue weighted by atomic mass is 10.5. The van der Waals surface area contributed by atoms with E-state index in [1.54, 1.807) is 0 Å². The average Bonchev–Trinajstić information content (AvgIpc) is 2.05. The lowest BCUT2D eigenvalue weighted by molar-refractivity contribution is 0.268. The van der Waals surface area contributed by atoms with Crippen molar-refractivity contribution in [3.8, 4) is 12.1 Å². The largest absolute Gasteiger partial charge is 0.321 e. The van der Waals surface area contributed by atoms with Gasteiger partial charge in [-0.1, -0.05) is 12.2 Å². The van der Waals surface area contributed by atoms with Crippen LogP contribution in [0.25, 0.3) is 0 Å². The second-order valence-corrected chi connectivity index (χ2v) is 7.24. The minimum absolute atomic E-state index is 0.226. The van der Waals surface area contributed by atoms with E-state index in [9.17, 15) is 0 Å². The molecule has 0 fully saturated rings. The van der Waals surface area contributed by atoms with Crippen molar-refractivity contribution in [3.05, 3.63) is 0 Å². The Kier molecular flexibility index (Phi) is 7.26. The first-order valence-electron chi connectivity index (χ1n) is 3.48. The first-order chi connectivity index (χ1) is 6.12. The molecule has 0 saturated heterocycles. The molecule has 13 heavy (non-hydrogen) atoms. The average molecular weight is 236 g/mol. The minimum Gasteiger partial charge on any atom is -0.321 e. The lowest BCUT2D eigenvalue weighted by Crippen LogP contribution is -1.93. The second-order valence-electron chi connectivity index (χ2n) is 1.95. The molecule has 0 saturated carbocycles. The van der Waals surface area contributed by atoms with Crippen LogP contribution in [0.15, 0.2) is 0 Å². The Hall–Kier alpha value is -0.100. The lowest BCUT2D eigenvalue weighted by Gasteiger charge is -2.14. The quantitative estimate of drug-likeness (QED) is 0.434. The van der Waals surface area contributed by atoms with Crippen molar-refractivity contribution in [1.29, 1.82) is 10.5 Å². The van der Waals surface area contributed by atoms with Gasteiger partial charge in [-0.15, -0.1) is 0 Å². The molecule has 4 nitrogen and oxygen atoms in total. The van der Waals surface area contributed by atoms with Gasteiger partial charge < -0.3 is 9.05 Å². The van der Waals surface area contributed by atoms with Crippen LogP contribution >= 0.6 is 17.9 Å². The van der Waals surface area contributed by atoms with E-state index in [0.29, 0.717) is 0 Å². The van der Waals surface area contributed by atoms with Crippen molar-refractivity contribution in [3.63, 3.8) is 0 Å². The molecule has 0 heterocycles. The summed E-state index contributed by atoms with van der Waals surface area (Å²) in [5, 5.41) is 16.4. The molecule has 7 heteroatoms. The maximum absolute atomic E-state index is 8.22. The van der Waals surface area contributed by atoms with Crippen LogP contribution in [0.2, 0.25) is 0 Å². The molecule has 0 unspecified atom stereocenters. The topological polar surface area (TPSA) is 66.0 Å². The molecule has 0 aliphatic carbocycles. The van der Waals surface area contributed by atoms with Crippen LogP contribution in [-0.2, 0) is 20.9 Å². The molecular formula is C6H9N2O2PS2. The fourth-order valence-corrected chi connectivity index (χ4v) is 2.11. The number of thiol groups is 1. The zero-order valence-corrected chi connectivity index (χ0v) is 9.45. The van der Waals surface area contributed by atoms with Crippen LogP contribution in [0.5, 0.6) is 0 Å². The maximum Gasteiger partial charge on any atom is 0.244 e. The van der Waals surface area contributed by atoms with Gasteiger partial charge in [0.2, 0.25) is 5.69 Å². The third-order valence-electron chi connectivity index (χ3n) is 0.937. The van der Waals surface area contributed by atoms with Crippen LogP contribution in [0, 0.1) is 22.7 Å². The summed E-state index contributed by atoms with van der Waals surface area (Å²) in [6.45, 7) is 0.452. The zero-order chi connectivity index (χ0) is 10.2. The van der Waals surface area contributed by atoms with Gasteiger partial charge in [-0.05, 0) is 11.8 Å². The Labute approximate surface area is 87.8 Å². The Morgan fingerprint density at radius 3 is 1.85 bits per heavy atom. The molecule has 0 amide bonds. The van der Waals surface area contributed by atoms with Gasteiger partial charge in [0.05, 0.1) is 38.2 Å². The summed E-state index contributed by atoms with van der Waals surface area (Å²) < 4.78 is 10.1. The van der Waals surface area contributed by atoms with Crippen molar-refractivity contribution in [2.24, 2.45) is 0 Å². The van der Waals surface area contributed by atoms with E-state index >= 15 is 0 Å². The predicted molar refractivity (Wildman–Crippen MR) is 55.6 cm³/mol. The summed E-state index contributed by atoms with van der Waals surface area (Å²) >= 11 is 8.88. The van der Waals surface area contributed by atoms with E-state index < -0.39 is 5.69 Å². The summed E-state index contributed by atoms with van der Waals surface area (Å²) in [6, 6.07) is 3.82.